The predicted molar refractivity (Wildman–Crippen MR) is 109 cm³/mol. The Morgan fingerprint density at radius 3 is 2.16 bits per heavy atom. The Bertz CT molecular complexity index is 1060. The van der Waals surface area contributed by atoms with Gasteiger partial charge in [-0.15, -0.1) is 0 Å². The van der Waals surface area contributed by atoms with Gasteiger partial charge in [-0.1, -0.05) is 42.5 Å². The van der Waals surface area contributed by atoms with Crippen molar-refractivity contribution in [1.82, 2.24) is 10.0 Å². The fourth-order valence-corrected chi connectivity index (χ4v) is 5.57. The molecule has 2 aromatic carbocycles. The molecule has 2 aromatic rings. The van der Waals surface area contributed by atoms with Crippen LogP contribution in [-0.4, -0.2) is 32.7 Å². The minimum absolute atomic E-state index is 0.0298. The molecule has 3 amide bonds. The van der Waals surface area contributed by atoms with Crippen molar-refractivity contribution in [3.05, 3.63) is 75.8 Å². The van der Waals surface area contributed by atoms with Crippen LogP contribution >= 0.6 is 0 Å². The number of nitro benzene ring substituents is 1. The fraction of sp³-hybridized carbons (Fsp3) is 0.348. The van der Waals surface area contributed by atoms with Crippen LogP contribution in [-0.2, 0) is 16.1 Å². The van der Waals surface area contributed by atoms with Crippen molar-refractivity contribution in [2.75, 3.05) is 0 Å². The van der Waals surface area contributed by atoms with Gasteiger partial charge in [0.05, 0.1) is 23.3 Å². The molecule has 158 valence electrons. The van der Waals surface area contributed by atoms with Crippen LogP contribution in [0.1, 0.15) is 35.2 Å². The number of hydrazine groups is 1. The number of carbonyl (C=O) groups is 3. The van der Waals surface area contributed by atoms with Gasteiger partial charge in [-0.05, 0) is 42.7 Å². The van der Waals surface area contributed by atoms with Crippen LogP contribution in [0.4, 0.5) is 5.69 Å². The van der Waals surface area contributed by atoms with Crippen LogP contribution in [0, 0.1) is 33.8 Å². The molecule has 0 aromatic heterocycles. The van der Waals surface area contributed by atoms with Crippen LogP contribution in [0.25, 0.3) is 0 Å². The quantitative estimate of drug-likeness (QED) is 0.421. The van der Waals surface area contributed by atoms with E-state index in [1.807, 2.05) is 6.07 Å². The third kappa shape index (κ3) is 3.01. The third-order valence-corrected chi connectivity index (χ3v) is 6.89. The molecular weight excluding hydrogens is 398 g/mol. The lowest BCUT2D eigenvalue weighted by Crippen LogP contribution is -2.50. The lowest BCUT2D eigenvalue weighted by Gasteiger charge is -2.31. The van der Waals surface area contributed by atoms with Crippen molar-refractivity contribution < 1.29 is 19.3 Å². The second kappa shape index (κ2) is 7.30. The van der Waals surface area contributed by atoms with Crippen molar-refractivity contribution in [2.24, 2.45) is 23.7 Å². The van der Waals surface area contributed by atoms with E-state index in [0.29, 0.717) is 0 Å². The lowest BCUT2D eigenvalue weighted by molar-refractivity contribution is -0.385. The minimum atomic E-state index is -0.731. The summed E-state index contributed by atoms with van der Waals surface area (Å²) >= 11 is 0. The first-order valence-electron chi connectivity index (χ1n) is 10.4. The first-order chi connectivity index (χ1) is 15.0. The largest absolute Gasteiger partial charge is 0.282 e. The summed E-state index contributed by atoms with van der Waals surface area (Å²) in [6.07, 6.45) is 2.74. The van der Waals surface area contributed by atoms with Crippen molar-refractivity contribution in [1.29, 1.82) is 0 Å². The van der Waals surface area contributed by atoms with Crippen LogP contribution in [0.2, 0.25) is 0 Å². The Labute approximate surface area is 178 Å². The molecule has 1 saturated heterocycles. The zero-order valence-electron chi connectivity index (χ0n) is 16.7. The Morgan fingerprint density at radius 1 is 0.968 bits per heavy atom. The van der Waals surface area contributed by atoms with Gasteiger partial charge in [0.25, 0.3) is 23.4 Å². The zero-order valence-corrected chi connectivity index (χ0v) is 16.7. The molecule has 3 fully saturated rings. The van der Waals surface area contributed by atoms with Gasteiger partial charge in [0.15, 0.2) is 0 Å². The van der Waals surface area contributed by atoms with Crippen LogP contribution < -0.4 is 0 Å². The smallest absolute Gasteiger partial charge is 0.272 e. The first kappa shape index (κ1) is 19.4. The van der Waals surface area contributed by atoms with E-state index >= 15 is 0 Å². The Hall–Kier alpha value is -3.55. The van der Waals surface area contributed by atoms with Gasteiger partial charge in [-0.3, -0.25) is 24.5 Å². The average molecular weight is 419 g/mol. The van der Waals surface area contributed by atoms with Gasteiger partial charge in [0.1, 0.15) is 5.56 Å². The number of hydrogen-bond acceptors (Lipinski definition) is 5. The van der Waals surface area contributed by atoms with Gasteiger partial charge in [0.2, 0.25) is 0 Å². The molecule has 1 aliphatic heterocycles. The Morgan fingerprint density at radius 2 is 1.55 bits per heavy atom. The number of amides is 3. The van der Waals surface area contributed by atoms with Crippen molar-refractivity contribution >= 4 is 23.4 Å². The molecule has 31 heavy (non-hydrogen) atoms. The van der Waals surface area contributed by atoms with E-state index in [9.17, 15) is 24.5 Å². The van der Waals surface area contributed by atoms with E-state index in [1.165, 1.54) is 24.3 Å². The van der Waals surface area contributed by atoms with Crippen LogP contribution in [0.15, 0.2) is 54.6 Å². The minimum Gasteiger partial charge on any atom is -0.272 e. The maximum absolute atomic E-state index is 13.5. The molecule has 2 saturated carbocycles. The molecule has 5 rings (SSSR count). The van der Waals surface area contributed by atoms with Crippen molar-refractivity contribution in [3.8, 4) is 0 Å². The SMILES string of the molecule is O=C(c1ccccc1[N+](=O)[O-])N(Cc1ccccc1)N1C(=O)[C@@H]2[C@H]3CC[C@@H](C3)[C@H]2C1=O. The number of hydrogen-bond donors (Lipinski definition) is 0. The van der Waals surface area contributed by atoms with E-state index in [0.717, 1.165) is 34.8 Å². The Kier molecular flexibility index (Phi) is 4.57. The summed E-state index contributed by atoms with van der Waals surface area (Å²) < 4.78 is 0. The molecular formula is C23H21N3O5. The highest BCUT2D eigenvalue weighted by Crippen LogP contribution is 2.56. The summed E-state index contributed by atoms with van der Waals surface area (Å²) in [5.74, 6) is -1.86. The molecule has 0 radical (unpaired) electrons. The van der Waals surface area contributed by atoms with Gasteiger partial charge < -0.3 is 0 Å². The lowest BCUT2D eigenvalue weighted by atomic mass is 9.81. The maximum Gasteiger partial charge on any atom is 0.282 e. The summed E-state index contributed by atoms with van der Waals surface area (Å²) in [4.78, 5) is 51.1. The molecule has 0 spiro atoms. The normalized spacial score (nSPS) is 26.3. The number of para-hydroxylation sites is 1. The summed E-state index contributed by atoms with van der Waals surface area (Å²) in [5.41, 5.74) is 0.212. The van der Waals surface area contributed by atoms with Gasteiger partial charge >= 0.3 is 0 Å². The summed E-state index contributed by atoms with van der Waals surface area (Å²) in [6, 6.07) is 14.6. The number of carbonyl (C=O) groups excluding carboxylic acids is 3. The maximum atomic E-state index is 13.5. The molecule has 2 bridgehead atoms. The second-order valence-corrected chi connectivity index (χ2v) is 8.50. The number of nitrogens with zero attached hydrogens (tertiary/aromatic N) is 3. The van der Waals surface area contributed by atoms with E-state index in [-0.39, 0.29) is 53.3 Å². The summed E-state index contributed by atoms with van der Waals surface area (Å²) in [7, 11) is 0. The van der Waals surface area contributed by atoms with Gasteiger partial charge in [0, 0.05) is 6.07 Å². The highest BCUT2D eigenvalue weighted by molar-refractivity contribution is 6.09. The van der Waals surface area contributed by atoms with Crippen LogP contribution in [0.3, 0.4) is 0 Å². The number of benzene rings is 2. The number of fused-ring (bicyclic) bond motifs is 5. The van der Waals surface area contributed by atoms with Gasteiger partial charge in [-0.25, -0.2) is 5.01 Å². The van der Waals surface area contributed by atoms with Crippen molar-refractivity contribution in [2.45, 2.75) is 25.8 Å². The Balaban J connectivity index is 1.56. The van der Waals surface area contributed by atoms with Crippen LogP contribution in [0.5, 0.6) is 0 Å². The molecule has 0 N–H and O–H groups in total. The standard InChI is InChI=1S/C23H21N3O5/c27-21(17-8-4-5-9-18(17)26(30)31)24(13-14-6-2-1-3-7-14)25-22(28)19-15-10-11-16(12-15)20(19)23(25)29/h1-9,15-16,19-20H,10-13H2/t15-,16-,19+,20+/m0/s1. The third-order valence-electron chi connectivity index (χ3n) is 6.89. The topological polar surface area (TPSA) is 101 Å². The molecule has 0 unspecified atom stereocenters. The summed E-state index contributed by atoms with van der Waals surface area (Å²) in [6.45, 7) is -0.0298. The molecule has 3 aliphatic rings. The first-order valence-corrected chi connectivity index (χ1v) is 10.4. The highest BCUT2D eigenvalue weighted by Gasteiger charge is 2.62. The van der Waals surface area contributed by atoms with E-state index in [2.05, 4.69) is 0 Å². The second-order valence-electron chi connectivity index (χ2n) is 8.50. The number of imide groups is 1. The van der Waals surface area contributed by atoms with Crippen molar-refractivity contribution in [3.63, 3.8) is 0 Å². The molecule has 2 aliphatic carbocycles. The van der Waals surface area contributed by atoms with E-state index in [1.54, 1.807) is 24.3 Å². The number of nitro groups is 1. The molecule has 8 nitrogen and oxygen atoms in total. The molecule has 4 atom stereocenters. The van der Waals surface area contributed by atoms with Gasteiger partial charge in [-0.2, -0.15) is 5.01 Å². The van der Waals surface area contributed by atoms with E-state index in [4.69, 9.17) is 0 Å². The predicted octanol–water partition coefficient (Wildman–Crippen LogP) is 3.18. The zero-order chi connectivity index (χ0) is 21.7. The summed E-state index contributed by atoms with van der Waals surface area (Å²) in [5, 5.41) is 13.6. The average Bonchev–Trinajstić information content (AvgIpc) is 3.46. The van der Waals surface area contributed by atoms with E-state index < -0.39 is 10.8 Å². The molecule has 1 heterocycles. The number of rotatable bonds is 5. The highest BCUT2D eigenvalue weighted by atomic mass is 16.6. The fourth-order valence-electron chi connectivity index (χ4n) is 5.57. The monoisotopic (exact) mass is 419 g/mol. The molecule has 8 heteroatoms.